The number of hydrogen-bond donors (Lipinski definition) is 1. The second-order valence-electron chi connectivity index (χ2n) is 5.60. The molecule has 2 heterocycles. The van der Waals surface area contributed by atoms with Gasteiger partial charge in [-0.15, -0.1) is 11.3 Å². The number of thiazole rings is 1. The number of piperazine rings is 1. The van der Waals surface area contributed by atoms with Crippen LogP contribution in [0.5, 0.6) is 0 Å². The number of para-hydroxylation sites is 1. The smallest absolute Gasteiger partial charge is 0.185 e. The van der Waals surface area contributed by atoms with E-state index in [4.69, 9.17) is 5.73 Å². The van der Waals surface area contributed by atoms with Crippen LogP contribution in [0.2, 0.25) is 0 Å². The Morgan fingerprint density at radius 2 is 1.90 bits per heavy atom. The molecule has 1 aromatic heterocycles. The zero-order valence-electron chi connectivity index (χ0n) is 12.4. The van der Waals surface area contributed by atoms with Gasteiger partial charge in [0.05, 0.1) is 0 Å². The number of nitrogens with two attached hydrogens (primary N) is 1. The number of anilines is 2. The monoisotopic (exact) mass is 302 g/mol. The highest BCUT2D eigenvalue weighted by Gasteiger charge is 2.20. The van der Waals surface area contributed by atoms with Crippen molar-refractivity contribution in [3.8, 4) is 0 Å². The first-order chi connectivity index (χ1) is 10.2. The highest BCUT2D eigenvalue weighted by Crippen LogP contribution is 2.25. The van der Waals surface area contributed by atoms with E-state index in [1.807, 2.05) is 11.6 Å². The molecule has 0 radical (unpaired) electrons. The zero-order chi connectivity index (χ0) is 14.7. The van der Waals surface area contributed by atoms with Crippen molar-refractivity contribution < 1.29 is 0 Å². The van der Waals surface area contributed by atoms with Crippen molar-refractivity contribution in [3.63, 3.8) is 0 Å². The fourth-order valence-electron chi connectivity index (χ4n) is 2.85. The number of benzene rings is 1. The first-order valence-corrected chi connectivity index (χ1v) is 8.35. The number of hydrogen-bond acceptors (Lipinski definition) is 5. The van der Waals surface area contributed by atoms with Crippen molar-refractivity contribution in [1.29, 1.82) is 0 Å². The molecule has 1 aliphatic rings. The quantitative estimate of drug-likeness (QED) is 0.942. The van der Waals surface area contributed by atoms with Gasteiger partial charge in [0.1, 0.15) is 0 Å². The second kappa shape index (κ2) is 6.45. The SMILES string of the molecule is CC(N)Cc1ccccc1N1CCN(c2nccs2)CC1. The summed E-state index contributed by atoms with van der Waals surface area (Å²) < 4.78 is 0. The molecule has 3 rings (SSSR count). The summed E-state index contributed by atoms with van der Waals surface area (Å²) in [6.45, 7) is 6.20. The van der Waals surface area contributed by atoms with Gasteiger partial charge in [0.2, 0.25) is 0 Å². The Labute approximate surface area is 130 Å². The Morgan fingerprint density at radius 3 is 2.57 bits per heavy atom. The minimum Gasteiger partial charge on any atom is -0.368 e. The Morgan fingerprint density at radius 1 is 1.19 bits per heavy atom. The molecule has 0 aliphatic carbocycles. The average Bonchev–Trinajstić information content (AvgIpc) is 3.02. The maximum atomic E-state index is 5.98. The Kier molecular flexibility index (Phi) is 4.41. The number of rotatable bonds is 4. The molecule has 21 heavy (non-hydrogen) atoms. The first-order valence-electron chi connectivity index (χ1n) is 7.47. The Balaban J connectivity index is 1.69. The van der Waals surface area contributed by atoms with Crippen LogP contribution in [0.1, 0.15) is 12.5 Å². The summed E-state index contributed by atoms with van der Waals surface area (Å²) in [7, 11) is 0. The van der Waals surface area contributed by atoms with Crippen LogP contribution in [0, 0.1) is 0 Å². The Bertz CT molecular complexity index is 559. The highest BCUT2D eigenvalue weighted by atomic mass is 32.1. The Hall–Kier alpha value is -1.59. The summed E-state index contributed by atoms with van der Waals surface area (Å²) >= 11 is 1.72. The molecular weight excluding hydrogens is 280 g/mol. The van der Waals surface area contributed by atoms with Gasteiger partial charge in [0.15, 0.2) is 5.13 Å². The van der Waals surface area contributed by atoms with E-state index in [9.17, 15) is 0 Å². The lowest BCUT2D eigenvalue weighted by molar-refractivity contribution is 0.646. The van der Waals surface area contributed by atoms with Crippen molar-refractivity contribution >= 4 is 22.2 Å². The summed E-state index contributed by atoms with van der Waals surface area (Å²) in [4.78, 5) is 9.25. The first kappa shape index (κ1) is 14.4. The molecule has 1 aliphatic heterocycles. The zero-order valence-corrected chi connectivity index (χ0v) is 13.2. The third-order valence-electron chi connectivity index (χ3n) is 3.84. The van der Waals surface area contributed by atoms with E-state index in [1.165, 1.54) is 11.3 Å². The maximum absolute atomic E-state index is 5.98. The van der Waals surface area contributed by atoms with E-state index in [0.29, 0.717) is 0 Å². The van der Waals surface area contributed by atoms with Gasteiger partial charge >= 0.3 is 0 Å². The van der Waals surface area contributed by atoms with E-state index in [0.717, 1.165) is 37.7 Å². The maximum Gasteiger partial charge on any atom is 0.185 e. The van der Waals surface area contributed by atoms with Crippen molar-refractivity contribution in [2.75, 3.05) is 36.0 Å². The van der Waals surface area contributed by atoms with Crippen LogP contribution < -0.4 is 15.5 Å². The molecule has 1 aromatic carbocycles. The third-order valence-corrected chi connectivity index (χ3v) is 4.68. The van der Waals surface area contributed by atoms with Gasteiger partial charge in [-0.1, -0.05) is 18.2 Å². The summed E-state index contributed by atoms with van der Waals surface area (Å²) in [5.41, 5.74) is 8.67. The van der Waals surface area contributed by atoms with Crippen molar-refractivity contribution in [3.05, 3.63) is 41.4 Å². The third kappa shape index (κ3) is 3.36. The minimum absolute atomic E-state index is 0.197. The average molecular weight is 302 g/mol. The summed E-state index contributed by atoms with van der Waals surface area (Å²) in [5.74, 6) is 0. The molecule has 0 saturated carbocycles. The van der Waals surface area contributed by atoms with E-state index < -0.39 is 0 Å². The fraction of sp³-hybridized carbons (Fsp3) is 0.438. The molecule has 5 heteroatoms. The molecule has 112 valence electrons. The molecule has 1 saturated heterocycles. The van der Waals surface area contributed by atoms with Gasteiger partial charge in [0, 0.05) is 49.5 Å². The van der Waals surface area contributed by atoms with Gasteiger partial charge in [-0.2, -0.15) is 0 Å². The number of nitrogens with zero attached hydrogens (tertiary/aromatic N) is 3. The lowest BCUT2D eigenvalue weighted by Gasteiger charge is -2.37. The predicted molar refractivity (Wildman–Crippen MR) is 90.3 cm³/mol. The van der Waals surface area contributed by atoms with Crippen LogP contribution in [-0.4, -0.2) is 37.2 Å². The largest absolute Gasteiger partial charge is 0.368 e. The van der Waals surface area contributed by atoms with Crippen LogP contribution >= 0.6 is 11.3 Å². The normalized spacial score (nSPS) is 17.0. The lowest BCUT2D eigenvalue weighted by atomic mass is 10.0. The van der Waals surface area contributed by atoms with Gasteiger partial charge in [-0.05, 0) is 25.0 Å². The van der Waals surface area contributed by atoms with Crippen molar-refractivity contribution in [1.82, 2.24) is 4.98 Å². The molecule has 0 spiro atoms. The molecule has 1 fully saturated rings. The summed E-state index contributed by atoms with van der Waals surface area (Å²) in [6, 6.07) is 8.84. The van der Waals surface area contributed by atoms with Crippen LogP contribution in [0.15, 0.2) is 35.8 Å². The summed E-state index contributed by atoms with van der Waals surface area (Å²) in [5, 5.41) is 3.18. The van der Waals surface area contributed by atoms with E-state index >= 15 is 0 Å². The van der Waals surface area contributed by atoms with E-state index in [2.05, 4.69) is 46.0 Å². The molecule has 2 aromatic rings. The van der Waals surface area contributed by atoms with Crippen LogP contribution in [0.4, 0.5) is 10.8 Å². The minimum atomic E-state index is 0.197. The van der Waals surface area contributed by atoms with E-state index in [-0.39, 0.29) is 6.04 Å². The van der Waals surface area contributed by atoms with Gasteiger partial charge < -0.3 is 15.5 Å². The van der Waals surface area contributed by atoms with Crippen LogP contribution in [-0.2, 0) is 6.42 Å². The van der Waals surface area contributed by atoms with Crippen LogP contribution in [0.25, 0.3) is 0 Å². The fourth-order valence-corrected chi connectivity index (χ4v) is 3.55. The standard InChI is InChI=1S/C16H22N4S/c1-13(17)12-14-4-2-3-5-15(14)19-7-9-20(10-8-19)16-18-6-11-21-16/h2-6,11,13H,7-10,12,17H2,1H3. The highest BCUT2D eigenvalue weighted by molar-refractivity contribution is 7.13. The van der Waals surface area contributed by atoms with Gasteiger partial charge in [0.25, 0.3) is 0 Å². The molecule has 0 bridgehead atoms. The van der Waals surface area contributed by atoms with Crippen LogP contribution in [0.3, 0.4) is 0 Å². The lowest BCUT2D eigenvalue weighted by Crippen LogP contribution is -2.46. The molecule has 1 unspecified atom stereocenters. The summed E-state index contributed by atoms with van der Waals surface area (Å²) in [6.07, 6.45) is 2.81. The van der Waals surface area contributed by atoms with Gasteiger partial charge in [-0.3, -0.25) is 0 Å². The number of aromatic nitrogens is 1. The molecular formula is C16H22N4S. The van der Waals surface area contributed by atoms with E-state index in [1.54, 1.807) is 11.3 Å². The van der Waals surface area contributed by atoms with Crippen molar-refractivity contribution in [2.45, 2.75) is 19.4 Å². The predicted octanol–water partition coefficient (Wildman–Crippen LogP) is 2.36. The van der Waals surface area contributed by atoms with Gasteiger partial charge in [-0.25, -0.2) is 4.98 Å². The molecule has 4 nitrogen and oxygen atoms in total. The topological polar surface area (TPSA) is 45.4 Å². The van der Waals surface area contributed by atoms with Crippen molar-refractivity contribution in [2.24, 2.45) is 5.73 Å². The molecule has 0 amide bonds. The molecule has 2 N–H and O–H groups in total. The molecule has 1 atom stereocenters. The second-order valence-corrected chi connectivity index (χ2v) is 6.47.